The van der Waals surface area contributed by atoms with Gasteiger partial charge in [0.2, 0.25) is 5.91 Å². The summed E-state index contributed by atoms with van der Waals surface area (Å²) in [6.45, 7) is 1.72. The van der Waals surface area contributed by atoms with Crippen molar-refractivity contribution in [2.75, 3.05) is 5.32 Å². The second kappa shape index (κ2) is 4.39. The zero-order valence-corrected chi connectivity index (χ0v) is 10.6. The van der Waals surface area contributed by atoms with Crippen LogP contribution in [0.25, 0.3) is 0 Å². The van der Waals surface area contributed by atoms with Crippen LogP contribution in [0.1, 0.15) is 37.9 Å². The predicted octanol–water partition coefficient (Wildman–Crippen LogP) is 2.72. The maximum Gasteiger partial charge on any atom is 0.227 e. The van der Waals surface area contributed by atoms with Crippen molar-refractivity contribution in [3.8, 4) is 0 Å². The quantitative estimate of drug-likeness (QED) is 0.860. The molecule has 0 radical (unpaired) electrons. The van der Waals surface area contributed by atoms with E-state index >= 15 is 0 Å². The highest BCUT2D eigenvalue weighted by Crippen LogP contribution is 2.54. The fourth-order valence-corrected chi connectivity index (χ4v) is 3.14. The molecule has 96 valence electrons. The normalized spacial score (nSPS) is 30.7. The maximum absolute atomic E-state index is 12.2. The smallest absolute Gasteiger partial charge is 0.227 e. The lowest BCUT2D eigenvalue weighted by Gasteiger charge is -2.16. The molecule has 1 aromatic carbocycles. The lowest BCUT2D eigenvalue weighted by atomic mass is 10.0. The average Bonchev–Trinajstić information content (AvgIpc) is 2.96. The molecule has 0 spiro atoms. The van der Waals surface area contributed by atoms with E-state index in [4.69, 9.17) is 0 Å². The third kappa shape index (κ3) is 2.15. The van der Waals surface area contributed by atoms with Crippen molar-refractivity contribution in [1.29, 1.82) is 0 Å². The van der Waals surface area contributed by atoms with Crippen molar-refractivity contribution < 1.29 is 9.90 Å². The number of para-hydroxylation sites is 1. The monoisotopic (exact) mass is 245 g/mol. The van der Waals surface area contributed by atoms with Crippen LogP contribution in [0.3, 0.4) is 0 Å². The molecule has 2 fully saturated rings. The molecule has 1 aromatic rings. The molecule has 2 aliphatic carbocycles. The predicted molar refractivity (Wildman–Crippen MR) is 70.0 cm³/mol. The minimum atomic E-state index is -0.557. The van der Waals surface area contributed by atoms with E-state index < -0.39 is 6.10 Å². The first-order valence-corrected chi connectivity index (χ1v) is 6.73. The maximum atomic E-state index is 12.2. The largest absolute Gasteiger partial charge is 0.389 e. The summed E-state index contributed by atoms with van der Waals surface area (Å²) in [6.07, 6.45) is 2.87. The fraction of sp³-hybridized carbons (Fsp3) is 0.533. The molecule has 3 rings (SSSR count). The summed E-state index contributed by atoms with van der Waals surface area (Å²) in [5.41, 5.74) is 1.53. The number of anilines is 1. The number of hydrogen-bond donors (Lipinski definition) is 2. The minimum absolute atomic E-state index is 0.121. The van der Waals surface area contributed by atoms with Crippen molar-refractivity contribution in [2.45, 2.75) is 32.3 Å². The second-order valence-electron chi connectivity index (χ2n) is 5.68. The van der Waals surface area contributed by atoms with Gasteiger partial charge in [-0.05, 0) is 44.1 Å². The van der Waals surface area contributed by atoms with Gasteiger partial charge in [-0.25, -0.2) is 0 Å². The SMILES string of the molecule is CC(O)c1ccccc1NC(=O)C1CC2CC2C1. The summed E-state index contributed by atoms with van der Waals surface area (Å²) >= 11 is 0. The molecule has 0 bridgehead atoms. The van der Waals surface area contributed by atoms with Gasteiger partial charge in [-0.15, -0.1) is 0 Å². The van der Waals surface area contributed by atoms with Crippen LogP contribution in [0.2, 0.25) is 0 Å². The van der Waals surface area contributed by atoms with Crippen LogP contribution in [-0.2, 0) is 4.79 Å². The Morgan fingerprint density at radius 1 is 1.28 bits per heavy atom. The van der Waals surface area contributed by atoms with Gasteiger partial charge in [0, 0.05) is 17.2 Å². The Kier molecular flexibility index (Phi) is 2.86. The van der Waals surface area contributed by atoms with Crippen LogP contribution in [-0.4, -0.2) is 11.0 Å². The molecule has 3 heteroatoms. The number of rotatable bonds is 3. The molecule has 2 N–H and O–H groups in total. The Morgan fingerprint density at radius 3 is 2.61 bits per heavy atom. The van der Waals surface area contributed by atoms with Gasteiger partial charge < -0.3 is 10.4 Å². The molecule has 3 unspecified atom stereocenters. The molecule has 0 aromatic heterocycles. The number of aliphatic hydroxyl groups is 1. The molecular formula is C15H19NO2. The minimum Gasteiger partial charge on any atom is -0.389 e. The first-order valence-electron chi connectivity index (χ1n) is 6.73. The summed E-state index contributed by atoms with van der Waals surface area (Å²) in [5, 5.41) is 12.7. The Labute approximate surface area is 107 Å². The molecule has 18 heavy (non-hydrogen) atoms. The molecule has 3 atom stereocenters. The van der Waals surface area contributed by atoms with Gasteiger partial charge in [-0.3, -0.25) is 4.79 Å². The molecule has 2 aliphatic rings. The van der Waals surface area contributed by atoms with Crippen molar-refractivity contribution in [3.05, 3.63) is 29.8 Å². The first kappa shape index (κ1) is 11.7. The molecule has 1 amide bonds. The number of amides is 1. The van der Waals surface area contributed by atoms with Gasteiger partial charge in [0.05, 0.1) is 6.10 Å². The summed E-state index contributed by atoms with van der Waals surface area (Å²) in [5.74, 6) is 1.92. The van der Waals surface area contributed by atoms with E-state index in [1.807, 2.05) is 24.3 Å². The van der Waals surface area contributed by atoms with Gasteiger partial charge >= 0.3 is 0 Å². The lowest BCUT2D eigenvalue weighted by Crippen LogP contribution is -2.22. The van der Waals surface area contributed by atoms with Crippen molar-refractivity contribution in [3.63, 3.8) is 0 Å². The lowest BCUT2D eigenvalue weighted by molar-refractivity contribution is -0.120. The van der Waals surface area contributed by atoms with E-state index in [0.29, 0.717) is 0 Å². The van der Waals surface area contributed by atoms with E-state index in [2.05, 4.69) is 5.32 Å². The van der Waals surface area contributed by atoms with Crippen molar-refractivity contribution >= 4 is 11.6 Å². The van der Waals surface area contributed by atoms with Crippen LogP contribution < -0.4 is 5.32 Å². The fourth-order valence-electron chi connectivity index (χ4n) is 3.14. The van der Waals surface area contributed by atoms with Crippen LogP contribution >= 0.6 is 0 Å². The van der Waals surface area contributed by atoms with E-state index in [1.54, 1.807) is 6.92 Å². The third-order valence-corrected chi connectivity index (χ3v) is 4.28. The number of nitrogens with one attached hydrogen (secondary N) is 1. The zero-order chi connectivity index (χ0) is 12.7. The second-order valence-corrected chi connectivity index (χ2v) is 5.68. The summed E-state index contributed by atoms with van der Waals surface area (Å²) in [7, 11) is 0. The highest BCUT2D eigenvalue weighted by Gasteiger charge is 2.48. The Balaban J connectivity index is 1.70. The van der Waals surface area contributed by atoms with E-state index in [-0.39, 0.29) is 11.8 Å². The highest BCUT2D eigenvalue weighted by molar-refractivity contribution is 5.93. The number of benzene rings is 1. The first-order chi connectivity index (χ1) is 8.65. The van der Waals surface area contributed by atoms with Crippen LogP contribution in [0.15, 0.2) is 24.3 Å². The van der Waals surface area contributed by atoms with Gasteiger partial charge in [-0.1, -0.05) is 18.2 Å². The standard InChI is InChI=1S/C15H19NO2/c1-9(17)13-4-2-3-5-14(13)16-15(18)12-7-10-6-11(10)8-12/h2-5,9-12,17H,6-8H2,1H3,(H,16,18). The van der Waals surface area contributed by atoms with Crippen molar-refractivity contribution in [1.82, 2.24) is 0 Å². The number of fused-ring (bicyclic) bond motifs is 1. The van der Waals surface area contributed by atoms with Crippen LogP contribution in [0.4, 0.5) is 5.69 Å². The van der Waals surface area contributed by atoms with Crippen molar-refractivity contribution in [2.24, 2.45) is 17.8 Å². The van der Waals surface area contributed by atoms with Crippen LogP contribution in [0.5, 0.6) is 0 Å². The summed E-state index contributed by atoms with van der Waals surface area (Å²) < 4.78 is 0. The molecular weight excluding hydrogens is 226 g/mol. The Bertz CT molecular complexity index is 459. The molecule has 2 saturated carbocycles. The number of aliphatic hydroxyl groups excluding tert-OH is 1. The van der Waals surface area contributed by atoms with E-state index in [1.165, 1.54) is 6.42 Å². The Morgan fingerprint density at radius 2 is 1.94 bits per heavy atom. The van der Waals surface area contributed by atoms with Gasteiger partial charge in [0.25, 0.3) is 0 Å². The topological polar surface area (TPSA) is 49.3 Å². The van der Waals surface area contributed by atoms with Crippen LogP contribution in [0, 0.1) is 17.8 Å². The van der Waals surface area contributed by atoms with Gasteiger partial charge in [0.15, 0.2) is 0 Å². The average molecular weight is 245 g/mol. The molecule has 0 aliphatic heterocycles. The zero-order valence-electron chi connectivity index (χ0n) is 10.6. The highest BCUT2D eigenvalue weighted by atomic mass is 16.3. The van der Waals surface area contributed by atoms with Gasteiger partial charge in [-0.2, -0.15) is 0 Å². The number of carbonyl (C=O) groups excluding carboxylic acids is 1. The number of hydrogen-bond acceptors (Lipinski definition) is 2. The third-order valence-electron chi connectivity index (χ3n) is 4.28. The van der Waals surface area contributed by atoms with E-state index in [9.17, 15) is 9.90 Å². The molecule has 0 heterocycles. The summed E-state index contributed by atoms with van der Waals surface area (Å²) in [6, 6.07) is 7.47. The molecule has 0 saturated heterocycles. The molecule has 3 nitrogen and oxygen atoms in total. The van der Waals surface area contributed by atoms with E-state index in [0.717, 1.165) is 35.9 Å². The number of carbonyl (C=O) groups is 1. The van der Waals surface area contributed by atoms with Gasteiger partial charge in [0.1, 0.15) is 0 Å². The Hall–Kier alpha value is -1.35. The summed E-state index contributed by atoms with van der Waals surface area (Å²) in [4.78, 5) is 12.2.